The fourth-order valence-electron chi connectivity index (χ4n) is 4.39. The van der Waals surface area contributed by atoms with E-state index in [1.165, 1.54) is 89.9 Å². The molecule has 0 spiro atoms. The Morgan fingerprint density at radius 3 is 1.25 bits per heavy atom. The second-order valence-corrected chi connectivity index (χ2v) is 11.1. The van der Waals surface area contributed by atoms with Crippen molar-refractivity contribution in [2.24, 2.45) is 5.92 Å². The van der Waals surface area contributed by atoms with E-state index in [9.17, 15) is 14.7 Å². The highest BCUT2D eigenvalue weighted by molar-refractivity contribution is 5.69. The molecule has 0 saturated heterocycles. The fourth-order valence-corrected chi connectivity index (χ4v) is 4.39. The highest BCUT2D eigenvalue weighted by atomic mass is 16.6. The maximum Gasteiger partial charge on any atom is 0.305 e. The summed E-state index contributed by atoms with van der Waals surface area (Å²) in [4.78, 5) is 23.7. The van der Waals surface area contributed by atoms with Crippen molar-refractivity contribution < 1.29 is 24.2 Å². The van der Waals surface area contributed by atoms with E-state index in [0.717, 1.165) is 44.4 Å². The predicted octanol–water partition coefficient (Wildman–Crippen LogP) is 8.69. The molecule has 0 saturated carbocycles. The van der Waals surface area contributed by atoms with Gasteiger partial charge in [-0.3, -0.25) is 9.59 Å². The van der Waals surface area contributed by atoms with Gasteiger partial charge in [-0.05, 0) is 18.8 Å². The van der Waals surface area contributed by atoms with Crippen molar-refractivity contribution in [3.8, 4) is 0 Å². The number of esters is 2. The Bertz CT molecular complexity index is 491. The van der Waals surface area contributed by atoms with Crippen molar-refractivity contribution in [1.29, 1.82) is 0 Å². The maximum absolute atomic E-state index is 11.8. The standard InChI is InChI=1S/C31H60O5/c1-4-5-6-7-8-9-12-15-18-21-24-30(33)35-26-29(32)27-36-31(34)25-22-19-16-13-10-11-14-17-20-23-28(2)3/h28-29,32H,4-27H2,1-3H3/t29-/m0/s1. The number of hydrogen-bond acceptors (Lipinski definition) is 5. The Kier molecular flexibility index (Phi) is 26.1. The third-order valence-corrected chi connectivity index (χ3v) is 6.77. The van der Waals surface area contributed by atoms with E-state index in [2.05, 4.69) is 20.8 Å². The van der Waals surface area contributed by atoms with Gasteiger partial charge in [0.05, 0.1) is 0 Å². The van der Waals surface area contributed by atoms with Crippen LogP contribution in [-0.4, -0.2) is 36.4 Å². The molecule has 0 aliphatic rings. The zero-order valence-electron chi connectivity index (χ0n) is 24.2. The quantitative estimate of drug-likeness (QED) is 0.0880. The molecule has 5 nitrogen and oxygen atoms in total. The maximum atomic E-state index is 11.8. The van der Waals surface area contributed by atoms with Crippen molar-refractivity contribution in [2.75, 3.05) is 13.2 Å². The summed E-state index contributed by atoms with van der Waals surface area (Å²) in [5, 5.41) is 9.91. The van der Waals surface area contributed by atoms with E-state index in [0.29, 0.717) is 12.8 Å². The molecule has 0 heterocycles. The van der Waals surface area contributed by atoms with Gasteiger partial charge in [0.25, 0.3) is 0 Å². The highest BCUT2D eigenvalue weighted by Crippen LogP contribution is 2.14. The summed E-state index contributed by atoms with van der Waals surface area (Å²) in [6.07, 6.45) is 24.3. The van der Waals surface area contributed by atoms with Gasteiger partial charge in [-0.15, -0.1) is 0 Å². The third kappa shape index (κ3) is 27.5. The number of carbonyl (C=O) groups is 2. The predicted molar refractivity (Wildman–Crippen MR) is 150 cm³/mol. The lowest BCUT2D eigenvalue weighted by Crippen LogP contribution is -2.25. The van der Waals surface area contributed by atoms with Crippen LogP contribution in [0, 0.1) is 5.92 Å². The molecule has 0 aromatic rings. The molecule has 0 unspecified atom stereocenters. The number of rotatable bonds is 27. The minimum atomic E-state index is -0.953. The molecule has 214 valence electrons. The van der Waals surface area contributed by atoms with Crippen LogP contribution in [0.15, 0.2) is 0 Å². The first-order chi connectivity index (χ1) is 17.5. The van der Waals surface area contributed by atoms with Crippen molar-refractivity contribution in [3.63, 3.8) is 0 Å². The number of ether oxygens (including phenoxy) is 2. The number of hydrogen-bond donors (Lipinski definition) is 1. The van der Waals surface area contributed by atoms with Crippen LogP contribution in [0.5, 0.6) is 0 Å². The van der Waals surface area contributed by atoms with Gasteiger partial charge >= 0.3 is 11.9 Å². The SMILES string of the molecule is CCCCCCCCCCCCC(=O)OC[C@H](O)COC(=O)CCCCCCCCCCCC(C)C. The molecular weight excluding hydrogens is 452 g/mol. The van der Waals surface area contributed by atoms with Gasteiger partial charge in [0.2, 0.25) is 0 Å². The first-order valence-electron chi connectivity index (χ1n) is 15.4. The molecule has 0 amide bonds. The molecule has 0 aliphatic heterocycles. The van der Waals surface area contributed by atoms with Gasteiger partial charge in [-0.2, -0.15) is 0 Å². The molecule has 0 bridgehead atoms. The first-order valence-corrected chi connectivity index (χ1v) is 15.4. The highest BCUT2D eigenvalue weighted by Gasteiger charge is 2.12. The zero-order valence-corrected chi connectivity index (χ0v) is 24.2. The van der Waals surface area contributed by atoms with Gasteiger partial charge in [0.1, 0.15) is 19.3 Å². The molecule has 1 atom stereocenters. The molecule has 0 aromatic heterocycles. The Balaban J connectivity index is 3.43. The minimum absolute atomic E-state index is 0.110. The van der Waals surface area contributed by atoms with Crippen LogP contribution >= 0.6 is 0 Å². The summed E-state index contributed by atoms with van der Waals surface area (Å²) >= 11 is 0. The Morgan fingerprint density at radius 2 is 0.889 bits per heavy atom. The normalized spacial score (nSPS) is 12.1. The number of aliphatic hydroxyl groups excluding tert-OH is 1. The second-order valence-electron chi connectivity index (χ2n) is 11.1. The molecule has 36 heavy (non-hydrogen) atoms. The lowest BCUT2D eigenvalue weighted by Gasteiger charge is -2.12. The molecule has 0 radical (unpaired) electrons. The van der Waals surface area contributed by atoms with Crippen LogP contribution in [0.4, 0.5) is 0 Å². The smallest absolute Gasteiger partial charge is 0.305 e. The summed E-state index contributed by atoms with van der Waals surface area (Å²) in [6.45, 7) is 6.59. The number of unbranched alkanes of at least 4 members (excludes halogenated alkanes) is 17. The summed E-state index contributed by atoms with van der Waals surface area (Å²) in [5.41, 5.74) is 0. The average molecular weight is 513 g/mol. The number of carbonyl (C=O) groups excluding carboxylic acids is 2. The molecule has 0 fully saturated rings. The van der Waals surface area contributed by atoms with Crippen molar-refractivity contribution in [3.05, 3.63) is 0 Å². The Labute approximate surface area is 223 Å². The summed E-state index contributed by atoms with van der Waals surface area (Å²) < 4.78 is 10.2. The van der Waals surface area contributed by atoms with Crippen LogP contribution in [-0.2, 0) is 19.1 Å². The Morgan fingerprint density at radius 1 is 0.556 bits per heavy atom. The largest absolute Gasteiger partial charge is 0.463 e. The Hall–Kier alpha value is -1.10. The van der Waals surface area contributed by atoms with Crippen LogP contribution in [0.25, 0.3) is 0 Å². The fraction of sp³-hybridized carbons (Fsp3) is 0.935. The van der Waals surface area contributed by atoms with E-state index in [4.69, 9.17) is 9.47 Å². The minimum Gasteiger partial charge on any atom is -0.463 e. The van der Waals surface area contributed by atoms with Gasteiger partial charge in [0, 0.05) is 12.8 Å². The van der Waals surface area contributed by atoms with E-state index >= 15 is 0 Å². The number of aliphatic hydroxyl groups is 1. The van der Waals surface area contributed by atoms with E-state index in [1.807, 2.05) is 0 Å². The van der Waals surface area contributed by atoms with Gasteiger partial charge in [-0.1, -0.05) is 136 Å². The van der Waals surface area contributed by atoms with Gasteiger partial charge in [-0.25, -0.2) is 0 Å². The molecule has 5 heteroatoms. The molecule has 1 N–H and O–H groups in total. The summed E-state index contributed by atoms with van der Waals surface area (Å²) in [7, 11) is 0. The summed E-state index contributed by atoms with van der Waals surface area (Å²) in [6, 6.07) is 0. The third-order valence-electron chi connectivity index (χ3n) is 6.77. The molecule has 0 rings (SSSR count). The van der Waals surface area contributed by atoms with Crippen LogP contribution in [0.2, 0.25) is 0 Å². The van der Waals surface area contributed by atoms with E-state index < -0.39 is 6.10 Å². The molecule has 0 aliphatic carbocycles. The molecule has 0 aromatic carbocycles. The van der Waals surface area contributed by atoms with Crippen molar-refractivity contribution in [1.82, 2.24) is 0 Å². The van der Waals surface area contributed by atoms with E-state index in [-0.39, 0.29) is 25.2 Å². The van der Waals surface area contributed by atoms with Crippen LogP contribution in [0.1, 0.15) is 162 Å². The van der Waals surface area contributed by atoms with Gasteiger partial charge in [0.15, 0.2) is 0 Å². The first kappa shape index (κ1) is 34.9. The van der Waals surface area contributed by atoms with Gasteiger partial charge < -0.3 is 14.6 Å². The lowest BCUT2D eigenvalue weighted by atomic mass is 10.0. The van der Waals surface area contributed by atoms with Crippen molar-refractivity contribution in [2.45, 2.75) is 168 Å². The lowest BCUT2D eigenvalue weighted by molar-refractivity contribution is -0.152. The average Bonchev–Trinajstić information content (AvgIpc) is 2.85. The topological polar surface area (TPSA) is 72.8 Å². The second kappa shape index (κ2) is 26.9. The zero-order chi connectivity index (χ0) is 26.7. The van der Waals surface area contributed by atoms with Crippen LogP contribution < -0.4 is 0 Å². The summed E-state index contributed by atoms with van der Waals surface area (Å²) in [5.74, 6) is 0.257. The molecular formula is C31H60O5. The van der Waals surface area contributed by atoms with Crippen molar-refractivity contribution >= 4 is 11.9 Å². The monoisotopic (exact) mass is 512 g/mol. The van der Waals surface area contributed by atoms with E-state index in [1.54, 1.807) is 0 Å². The van der Waals surface area contributed by atoms with Crippen LogP contribution in [0.3, 0.4) is 0 Å².